The molecular weight excluding hydrogens is 194 g/mol. The molecule has 0 fully saturated rings. The molecule has 0 aromatic carbocycles. The Morgan fingerprint density at radius 2 is 1.62 bits per heavy atom. The van der Waals surface area contributed by atoms with Gasteiger partial charge in [0.05, 0.1) is 0 Å². The van der Waals surface area contributed by atoms with Crippen LogP contribution >= 0.6 is 0 Å². The van der Waals surface area contributed by atoms with Crippen LogP contribution in [0.3, 0.4) is 0 Å². The first-order valence-corrected chi connectivity index (χ1v) is 7.31. The fourth-order valence-corrected chi connectivity index (χ4v) is 2.11. The number of hydrogen-bond acceptors (Lipinski definition) is 1. The molecule has 0 saturated carbocycles. The largest absolute Gasteiger partial charge is 0.313 e. The predicted octanol–water partition coefficient (Wildman–Crippen LogP) is 4.76. The molecule has 0 saturated heterocycles. The summed E-state index contributed by atoms with van der Waals surface area (Å²) in [6.45, 7) is 12.8. The summed E-state index contributed by atoms with van der Waals surface area (Å²) < 4.78 is 0. The maximum absolute atomic E-state index is 3.74. The fourth-order valence-electron chi connectivity index (χ4n) is 2.11. The van der Waals surface area contributed by atoms with E-state index >= 15 is 0 Å². The number of hydrogen-bond donors (Lipinski definition) is 1. The van der Waals surface area contributed by atoms with Crippen LogP contribution in [0.2, 0.25) is 0 Å². The highest BCUT2D eigenvalue weighted by Gasteiger charge is 2.26. The highest BCUT2D eigenvalue weighted by molar-refractivity contribution is 4.82. The normalized spacial score (nSPS) is 14.1. The van der Waals surface area contributed by atoms with Crippen molar-refractivity contribution in [3.05, 3.63) is 0 Å². The predicted molar refractivity (Wildman–Crippen MR) is 74.9 cm³/mol. The molecule has 0 aliphatic heterocycles. The second kappa shape index (κ2) is 9.04. The van der Waals surface area contributed by atoms with Gasteiger partial charge in [0.15, 0.2) is 0 Å². The van der Waals surface area contributed by atoms with Gasteiger partial charge in [0, 0.05) is 6.04 Å². The molecule has 1 unspecified atom stereocenters. The second-order valence-electron chi connectivity index (χ2n) is 5.70. The zero-order valence-electron chi connectivity index (χ0n) is 12.2. The van der Waals surface area contributed by atoms with Gasteiger partial charge >= 0.3 is 0 Å². The highest BCUT2D eigenvalue weighted by Crippen LogP contribution is 2.28. The smallest absolute Gasteiger partial charge is 0.0118 e. The van der Waals surface area contributed by atoms with E-state index in [0.29, 0.717) is 11.5 Å². The molecule has 1 nitrogen and oxygen atoms in total. The van der Waals surface area contributed by atoms with Gasteiger partial charge in [0.25, 0.3) is 0 Å². The summed E-state index contributed by atoms with van der Waals surface area (Å²) in [6, 6.07) is 0.703. The van der Waals surface area contributed by atoms with Gasteiger partial charge in [-0.25, -0.2) is 0 Å². The minimum Gasteiger partial charge on any atom is -0.313 e. The average Bonchev–Trinajstić information content (AvgIpc) is 2.28. The van der Waals surface area contributed by atoms with E-state index in [-0.39, 0.29) is 0 Å². The van der Waals surface area contributed by atoms with Crippen LogP contribution in [-0.4, -0.2) is 12.6 Å². The molecule has 0 rings (SSSR count). The SMILES string of the molecule is CCCCCCC(NCCC)C(C)(C)CC. The maximum Gasteiger partial charge on any atom is 0.0118 e. The van der Waals surface area contributed by atoms with Gasteiger partial charge in [0.2, 0.25) is 0 Å². The van der Waals surface area contributed by atoms with E-state index < -0.39 is 0 Å². The third kappa shape index (κ3) is 6.52. The van der Waals surface area contributed by atoms with E-state index in [1.54, 1.807) is 0 Å². The summed E-state index contributed by atoms with van der Waals surface area (Å²) in [7, 11) is 0. The zero-order valence-corrected chi connectivity index (χ0v) is 12.2. The minimum atomic E-state index is 0.446. The summed E-state index contributed by atoms with van der Waals surface area (Å²) >= 11 is 0. The summed E-state index contributed by atoms with van der Waals surface area (Å²) in [4.78, 5) is 0. The quantitative estimate of drug-likeness (QED) is 0.531. The van der Waals surface area contributed by atoms with E-state index in [1.807, 2.05) is 0 Å². The Labute approximate surface area is 103 Å². The molecule has 0 bridgehead atoms. The van der Waals surface area contributed by atoms with Crippen molar-refractivity contribution < 1.29 is 0 Å². The van der Waals surface area contributed by atoms with E-state index in [4.69, 9.17) is 0 Å². The maximum atomic E-state index is 3.74. The van der Waals surface area contributed by atoms with Crippen LogP contribution in [0.25, 0.3) is 0 Å². The van der Waals surface area contributed by atoms with Crippen LogP contribution in [0, 0.1) is 5.41 Å². The summed E-state index contributed by atoms with van der Waals surface area (Å²) in [5.41, 5.74) is 0.446. The van der Waals surface area contributed by atoms with E-state index in [2.05, 4.69) is 39.9 Å². The van der Waals surface area contributed by atoms with Gasteiger partial charge in [-0.2, -0.15) is 0 Å². The third-order valence-corrected chi connectivity index (χ3v) is 3.84. The van der Waals surface area contributed by atoms with Crippen LogP contribution in [-0.2, 0) is 0 Å². The molecule has 0 amide bonds. The molecule has 1 N–H and O–H groups in total. The Kier molecular flexibility index (Phi) is 9.02. The van der Waals surface area contributed by atoms with Gasteiger partial charge in [-0.3, -0.25) is 0 Å². The van der Waals surface area contributed by atoms with Crippen LogP contribution in [0.4, 0.5) is 0 Å². The molecule has 0 radical (unpaired) electrons. The van der Waals surface area contributed by atoms with Crippen molar-refractivity contribution in [1.82, 2.24) is 5.32 Å². The van der Waals surface area contributed by atoms with Gasteiger partial charge < -0.3 is 5.32 Å². The highest BCUT2D eigenvalue weighted by atomic mass is 14.9. The Balaban J connectivity index is 4.00. The Morgan fingerprint density at radius 3 is 2.12 bits per heavy atom. The Bertz CT molecular complexity index is 152. The average molecular weight is 227 g/mol. The van der Waals surface area contributed by atoms with Crippen LogP contribution in [0.1, 0.15) is 79.6 Å². The van der Waals surface area contributed by atoms with E-state index in [0.717, 1.165) is 0 Å². The molecule has 0 aliphatic rings. The lowest BCUT2D eigenvalue weighted by Gasteiger charge is -2.34. The summed E-state index contributed by atoms with van der Waals surface area (Å²) in [6.07, 6.45) is 9.38. The number of unbranched alkanes of at least 4 members (excludes halogenated alkanes) is 3. The molecule has 0 aliphatic carbocycles. The number of rotatable bonds is 10. The Morgan fingerprint density at radius 1 is 0.938 bits per heavy atom. The molecule has 0 aromatic rings. The molecule has 0 heterocycles. The van der Waals surface area contributed by atoms with Gasteiger partial charge in [-0.1, -0.05) is 60.3 Å². The molecule has 0 aromatic heterocycles. The van der Waals surface area contributed by atoms with Crippen molar-refractivity contribution in [3.8, 4) is 0 Å². The molecule has 1 heteroatoms. The molecule has 0 spiro atoms. The number of nitrogens with one attached hydrogen (secondary N) is 1. The van der Waals surface area contributed by atoms with Gasteiger partial charge in [-0.05, 0) is 31.2 Å². The lowest BCUT2D eigenvalue weighted by atomic mass is 9.79. The first-order valence-electron chi connectivity index (χ1n) is 7.31. The lowest BCUT2D eigenvalue weighted by molar-refractivity contribution is 0.216. The second-order valence-corrected chi connectivity index (χ2v) is 5.70. The summed E-state index contributed by atoms with van der Waals surface area (Å²) in [5.74, 6) is 0. The first kappa shape index (κ1) is 16.0. The van der Waals surface area contributed by atoms with Crippen molar-refractivity contribution in [2.45, 2.75) is 85.6 Å². The van der Waals surface area contributed by atoms with E-state index in [9.17, 15) is 0 Å². The third-order valence-electron chi connectivity index (χ3n) is 3.84. The minimum absolute atomic E-state index is 0.446. The lowest BCUT2D eigenvalue weighted by Crippen LogP contribution is -2.42. The van der Waals surface area contributed by atoms with Gasteiger partial charge in [-0.15, -0.1) is 0 Å². The fraction of sp³-hybridized carbons (Fsp3) is 1.00. The monoisotopic (exact) mass is 227 g/mol. The van der Waals surface area contributed by atoms with Crippen molar-refractivity contribution in [2.75, 3.05) is 6.54 Å². The molecule has 16 heavy (non-hydrogen) atoms. The van der Waals surface area contributed by atoms with Crippen LogP contribution in [0.15, 0.2) is 0 Å². The van der Waals surface area contributed by atoms with E-state index in [1.165, 1.54) is 51.5 Å². The van der Waals surface area contributed by atoms with Crippen LogP contribution < -0.4 is 5.32 Å². The molecule has 1 atom stereocenters. The molecular formula is C15H33N. The summed E-state index contributed by atoms with van der Waals surface area (Å²) in [5, 5.41) is 3.74. The topological polar surface area (TPSA) is 12.0 Å². The van der Waals surface area contributed by atoms with Crippen molar-refractivity contribution >= 4 is 0 Å². The van der Waals surface area contributed by atoms with Crippen molar-refractivity contribution in [1.29, 1.82) is 0 Å². The van der Waals surface area contributed by atoms with Crippen LogP contribution in [0.5, 0.6) is 0 Å². The standard InChI is InChI=1S/C15H33N/c1-6-9-10-11-12-14(16-13-7-2)15(4,5)8-3/h14,16H,6-13H2,1-5H3. The Hall–Kier alpha value is -0.0400. The van der Waals surface area contributed by atoms with Crippen molar-refractivity contribution in [3.63, 3.8) is 0 Å². The first-order chi connectivity index (χ1) is 7.58. The van der Waals surface area contributed by atoms with Gasteiger partial charge in [0.1, 0.15) is 0 Å². The zero-order chi connectivity index (χ0) is 12.4. The molecule has 98 valence electrons. The van der Waals surface area contributed by atoms with Crippen molar-refractivity contribution in [2.24, 2.45) is 5.41 Å².